The molecule has 0 aliphatic heterocycles. The van der Waals surface area contributed by atoms with Crippen molar-refractivity contribution in [2.24, 2.45) is 11.0 Å². The Morgan fingerprint density at radius 1 is 1.27 bits per heavy atom. The highest BCUT2D eigenvalue weighted by Gasteiger charge is 2.18. The first kappa shape index (κ1) is 17.9. The highest BCUT2D eigenvalue weighted by Crippen LogP contribution is 2.26. The van der Waals surface area contributed by atoms with Crippen LogP contribution in [0.15, 0.2) is 71.4 Å². The van der Waals surface area contributed by atoms with Gasteiger partial charge >= 0.3 is 0 Å². The summed E-state index contributed by atoms with van der Waals surface area (Å²) in [7, 11) is 0. The molecule has 0 spiro atoms. The van der Waals surface area contributed by atoms with Crippen molar-refractivity contribution in [3.63, 3.8) is 0 Å². The first-order chi connectivity index (χ1) is 12.5. The van der Waals surface area contributed by atoms with Crippen LogP contribution in [-0.4, -0.2) is 18.2 Å². The molecule has 0 unspecified atom stereocenters. The van der Waals surface area contributed by atoms with Crippen LogP contribution in [0.3, 0.4) is 0 Å². The third-order valence-corrected chi connectivity index (χ3v) is 4.71. The Hall–Kier alpha value is -2.88. The normalized spacial score (nSPS) is 18.5. The highest BCUT2D eigenvalue weighted by molar-refractivity contribution is 6.01. The van der Waals surface area contributed by atoms with Crippen molar-refractivity contribution in [2.45, 2.75) is 26.7 Å². The van der Waals surface area contributed by atoms with E-state index >= 15 is 0 Å². The molecule has 1 N–H and O–H groups in total. The second kappa shape index (κ2) is 8.00. The fourth-order valence-electron chi connectivity index (χ4n) is 2.99. The molecule has 0 bridgehead atoms. The van der Waals surface area contributed by atoms with Gasteiger partial charge in [0, 0.05) is 0 Å². The Balaban J connectivity index is 1.57. The number of nitrogens with zero attached hydrogens (tertiary/aromatic N) is 1. The lowest BCUT2D eigenvalue weighted by atomic mass is 9.85. The zero-order valence-electron chi connectivity index (χ0n) is 15.3. The Kier molecular flexibility index (Phi) is 5.52. The molecule has 134 valence electrons. The maximum absolute atomic E-state index is 12.1. The Morgan fingerprint density at radius 2 is 2.04 bits per heavy atom. The standard InChI is InChI=1S/C22H24N2O2/c1-15(2)18-9-8-16(3)21(13-18)23-24-22(25)14-26-20-11-10-17-6-4-5-7-19(17)12-20/h4-8,10-12,18H,1,9,13-14H2,2-3H3,(H,24,25)/b23-21+/t18-/m0/s1. The monoisotopic (exact) mass is 348 g/mol. The van der Waals surface area contributed by atoms with Gasteiger partial charge in [0.15, 0.2) is 6.61 Å². The average Bonchev–Trinajstić information content (AvgIpc) is 2.65. The second-order valence-corrected chi connectivity index (χ2v) is 6.76. The van der Waals surface area contributed by atoms with Crippen LogP contribution in [0.25, 0.3) is 10.8 Å². The van der Waals surface area contributed by atoms with Gasteiger partial charge in [-0.15, -0.1) is 0 Å². The van der Waals surface area contributed by atoms with Gasteiger partial charge in [-0.25, -0.2) is 5.43 Å². The van der Waals surface area contributed by atoms with Crippen LogP contribution < -0.4 is 10.2 Å². The molecule has 0 fully saturated rings. The number of hydrogen-bond donors (Lipinski definition) is 1. The van der Waals surface area contributed by atoms with E-state index < -0.39 is 0 Å². The molecule has 4 nitrogen and oxygen atoms in total. The molecule has 0 saturated carbocycles. The molecule has 3 rings (SSSR count). The molecule has 1 aliphatic carbocycles. The minimum Gasteiger partial charge on any atom is -0.484 e. The quantitative estimate of drug-likeness (QED) is 0.633. The first-order valence-electron chi connectivity index (χ1n) is 8.82. The topological polar surface area (TPSA) is 50.7 Å². The van der Waals surface area contributed by atoms with E-state index in [0.717, 1.165) is 40.5 Å². The van der Waals surface area contributed by atoms with Crippen LogP contribution in [0.2, 0.25) is 0 Å². The summed E-state index contributed by atoms with van der Waals surface area (Å²) in [5.74, 6) is 0.793. The molecule has 4 heteroatoms. The van der Waals surface area contributed by atoms with Gasteiger partial charge in [-0.05, 0) is 61.1 Å². The lowest BCUT2D eigenvalue weighted by Crippen LogP contribution is -2.27. The smallest absolute Gasteiger partial charge is 0.277 e. The van der Waals surface area contributed by atoms with E-state index in [1.165, 1.54) is 0 Å². The molecule has 1 atom stereocenters. The lowest BCUT2D eigenvalue weighted by molar-refractivity contribution is -0.123. The molecule has 1 aliphatic rings. The van der Waals surface area contributed by atoms with Gasteiger partial charge in [0.1, 0.15) is 5.75 Å². The number of rotatable bonds is 5. The number of nitrogens with one attached hydrogen (secondary N) is 1. The molecule has 2 aromatic rings. The number of carbonyl (C=O) groups excluding carboxylic acids is 1. The summed E-state index contributed by atoms with van der Waals surface area (Å²) in [5.41, 5.74) is 5.76. The van der Waals surface area contributed by atoms with Gasteiger partial charge < -0.3 is 4.74 Å². The SMILES string of the molecule is C=C(C)[C@H]1CC=C(C)/C(=N/NC(=O)COc2ccc3ccccc3c2)C1. The third-order valence-electron chi connectivity index (χ3n) is 4.71. The van der Waals surface area contributed by atoms with Crippen molar-refractivity contribution < 1.29 is 9.53 Å². The molecule has 0 radical (unpaired) electrons. The van der Waals surface area contributed by atoms with Crippen molar-refractivity contribution in [1.29, 1.82) is 0 Å². The van der Waals surface area contributed by atoms with Crippen molar-refractivity contribution >= 4 is 22.4 Å². The van der Waals surface area contributed by atoms with Crippen LogP contribution in [0.5, 0.6) is 5.75 Å². The summed E-state index contributed by atoms with van der Waals surface area (Å²) in [6.07, 6.45) is 3.95. The first-order valence-corrected chi connectivity index (χ1v) is 8.82. The summed E-state index contributed by atoms with van der Waals surface area (Å²) in [4.78, 5) is 12.1. The van der Waals surface area contributed by atoms with Crippen LogP contribution in [0, 0.1) is 5.92 Å². The van der Waals surface area contributed by atoms with Crippen molar-refractivity contribution in [3.05, 3.63) is 66.3 Å². The highest BCUT2D eigenvalue weighted by atomic mass is 16.5. The molecule has 0 aromatic heterocycles. The van der Waals surface area contributed by atoms with E-state index in [9.17, 15) is 4.79 Å². The fourth-order valence-corrected chi connectivity index (χ4v) is 2.99. The minimum atomic E-state index is -0.268. The number of ether oxygens (including phenoxy) is 1. The fraction of sp³-hybridized carbons (Fsp3) is 0.273. The van der Waals surface area contributed by atoms with Gasteiger partial charge in [0.05, 0.1) is 5.71 Å². The Labute approximate surface area is 154 Å². The number of benzene rings is 2. The average molecular weight is 348 g/mol. The van der Waals surface area contributed by atoms with E-state index in [0.29, 0.717) is 11.7 Å². The molecule has 0 heterocycles. The van der Waals surface area contributed by atoms with Crippen molar-refractivity contribution in [1.82, 2.24) is 5.43 Å². The molecular weight excluding hydrogens is 324 g/mol. The van der Waals surface area contributed by atoms with Crippen molar-refractivity contribution in [3.8, 4) is 5.75 Å². The van der Waals surface area contributed by atoms with Gasteiger partial charge in [-0.2, -0.15) is 5.10 Å². The number of carbonyl (C=O) groups is 1. The summed E-state index contributed by atoms with van der Waals surface area (Å²) in [6, 6.07) is 13.8. The maximum Gasteiger partial charge on any atom is 0.277 e. The largest absolute Gasteiger partial charge is 0.484 e. The maximum atomic E-state index is 12.1. The van der Waals surface area contributed by atoms with E-state index in [1.54, 1.807) is 0 Å². The van der Waals surface area contributed by atoms with Crippen molar-refractivity contribution in [2.75, 3.05) is 6.61 Å². The minimum absolute atomic E-state index is 0.0677. The van der Waals surface area contributed by atoms with Crippen LogP contribution >= 0.6 is 0 Å². The second-order valence-electron chi connectivity index (χ2n) is 6.76. The number of fused-ring (bicyclic) bond motifs is 1. The Morgan fingerprint density at radius 3 is 2.81 bits per heavy atom. The van der Waals surface area contributed by atoms with E-state index in [2.05, 4.69) is 23.2 Å². The van der Waals surface area contributed by atoms with E-state index in [4.69, 9.17) is 4.74 Å². The summed E-state index contributed by atoms with van der Waals surface area (Å²) in [6.45, 7) is 8.01. The predicted molar refractivity (Wildman–Crippen MR) is 106 cm³/mol. The van der Waals surface area contributed by atoms with E-state index in [-0.39, 0.29) is 12.5 Å². The molecule has 2 aromatic carbocycles. The predicted octanol–water partition coefficient (Wildman–Crippen LogP) is 4.62. The third kappa shape index (κ3) is 4.39. The number of allylic oxidation sites excluding steroid dienone is 3. The summed E-state index contributed by atoms with van der Waals surface area (Å²) in [5, 5.41) is 6.51. The summed E-state index contributed by atoms with van der Waals surface area (Å²) >= 11 is 0. The summed E-state index contributed by atoms with van der Waals surface area (Å²) < 4.78 is 5.59. The lowest BCUT2D eigenvalue weighted by Gasteiger charge is -2.22. The number of hydrazone groups is 1. The van der Waals surface area contributed by atoms with Crippen LogP contribution in [0.4, 0.5) is 0 Å². The number of hydrogen-bond acceptors (Lipinski definition) is 3. The molecule has 1 amide bonds. The van der Waals surface area contributed by atoms with Gasteiger partial charge in [0.25, 0.3) is 5.91 Å². The zero-order valence-corrected chi connectivity index (χ0v) is 15.3. The molecule has 0 saturated heterocycles. The van der Waals surface area contributed by atoms with Gasteiger partial charge in [0.2, 0.25) is 0 Å². The zero-order chi connectivity index (χ0) is 18.5. The van der Waals surface area contributed by atoms with Crippen LogP contribution in [0.1, 0.15) is 26.7 Å². The molecule has 26 heavy (non-hydrogen) atoms. The Bertz CT molecular complexity index is 896. The van der Waals surface area contributed by atoms with Crippen LogP contribution in [-0.2, 0) is 4.79 Å². The van der Waals surface area contributed by atoms with E-state index in [1.807, 2.05) is 56.3 Å². The van der Waals surface area contributed by atoms with Gasteiger partial charge in [-0.1, -0.05) is 48.6 Å². The number of amides is 1. The molecular formula is C22H24N2O2. The van der Waals surface area contributed by atoms with Gasteiger partial charge in [-0.3, -0.25) is 4.79 Å².